The molecular formula is C20H21N3O3. The summed E-state index contributed by atoms with van der Waals surface area (Å²) in [4.78, 5) is 12.1. The van der Waals surface area contributed by atoms with Crippen LogP contribution in [0.15, 0.2) is 66.4 Å². The van der Waals surface area contributed by atoms with Crippen LogP contribution in [0.2, 0.25) is 0 Å². The summed E-state index contributed by atoms with van der Waals surface area (Å²) < 4.78 is 10.6. The predicted molar refractivity (Wildman–Crippen MR) is 99.8 cm³/mol. The van der Waals surface area contributed by atoms with Gasteiger partial charge in [0.2, 0.25) is 0 Å². The molecule has 2 rings (SSSR count). The number of carbonyl (C=O) groups is 1. The predicted octanol–water partition coefficient (Wildman–Crippen LogP) is 3.45. The molecule has 0 aliphatic rings. The lowest BCUT2D eigenvalue weighted by Crippen LogP contribution is -2.17. The molecule has 0 unspecified atom stereocenters. The molecule has 0 aromatic heterocycles. The first-order valence-electron chi connectivity index (χ1n) is 8.20. The van der Waals surface area contributed by atoms with Gasteiger partial charge in [0.15, 0.2) is 0 Å². The molecule has 6 heteroatoms. The average Bonchev–Trinajstić information content (AvgIpc) is 2.67. The van der Waals surface area contributed by atoms with E-state index in [1.807, 2.05) is 36.4 Å². The van der Waals surface area contributed by atoms with Crippen molar-refractivity contribution in [3.8, 4) is 17.6 Å². The van der Waals surface area contributed by atoms with E-state index in [1.165, 1.54) is 6.20 Å². The van der Waals surface area contributed by atoms with Crippen LogP contribution in [0, 0.1) is 11.3 Å². The Labute approximate surface area is 153 Å². The van der Waals surface area contributed by atoms with Crippen molar-refractivity contribution in [2.24, 2.45) is 0 Å². The quantitative estimate of drug-likeness (QED) is 0.411. The maximum Gasteiger partial charge on any atom is 0.267 e. The van der Waals surface area contributed by atoms with Crippen LogP contribution in [0.1, 0.15) is 6.42 Å². The maximum atomic E-state index is 12.1. The van der Waals surface area contributed by atoms with Crippen LogP contribution in [0.25, 0.3) is 0 Å². The van der Waals surface area contributed by atoms with Crippen LogP contribution in [0.4, 0.5) is 5.69 Å². The van der Waals surface area contributed by atoms with Gasteiger partial charge in [-0.15, -0.1) is 0 Å². The van der Waals surface area contributed by atoms with Crippen molar-refractivity contribution >= 4 is 11.6 Å². The van der Waals surface area contributed by atoms with E-state index in [-0.39, 0.29) is 5.57 Å². The molecule has 0 aliphatic carbocycles. The average molecular weight is 351 g/mol. The van der Waals surface area contributed by atoms with Crippen molar-refractivity contribution in [2.75, 3.05) is 25.6 Å². The SMILES string of the molecule is COCCCN/C=C(/C#N)C(=O)Nc1ccc(Oc2ccccc2)cc1. The number of rotatable bonds is 9. The van der Waals surface area contributed by atoms with Gasteiger partial charge < -0.3 is 20.1 Å². The fourth-order valence-electron chi connectivity index (χ4n) is 2.07. The molecule has 2 N–H and O–H groups in total. The minimum atomic E-state index is -0.469. The van der Waals surface area contributed by atoms with Gasteiger partial charge in [0.1, 0.15) is 23.1 Å². The van der Waals surface area contributed by atoms with E-state index in [4.69, 9.17) is 14.7 Å². The third-order valence-electron chi connectivity index (χ3n) is 3.37. The van der Waals surface area contributed by atoms with Gasteiger partial charge >= 0.3 is 0 Å². The molecule has 6 nitrogen and oxygen atoms in total. The van der Waals surface area contributed by atoms with Crippen LogP contribution in [0.5, 0.6) is 11.5 Å². The molecule has 0 saturated heterocycles. The zero-order chi connectivity index (χ0) is 18.6. The number of nitriles is 1. The second-order valence-electron chi connectivity index (χ2n) is 5.36. The first-order chi connectivity index (χ1) is 12.7. The third-order valence-corrected chi connectivity index (χ3v) is 3.37. The Morgan fingerprint density at radius 3 is 2.46 bits per heavy atom. The molecule has 2 aromatic carbocycles. The molecule has 1 amide bonds. The number of nitrogens with zero attached hydrogens (tertiary/aromatic N) is 1. The molecular weight excluding hydrogens is 330 g/mol. The van der Waals surface area contributed by atoms with Gasteiger partial charge in [0.05, 0.1) is 0 Å². The normalized spacial score (nSPS) is 10.7. The summed E-state index contributed by atoms with van der Waals surface area (Å²) in [6.07, 6.45) is 2.20. The van der Waals surface area contributed by atoms with Crippen molar-refractivity contribution < 1.29 is 14.3 Å². The third kappa shape index (κ3) is 6.30. The molecule has 0 radical (unpaired) electrons. The van der Waals surface area contributed by atoms with Crippen molar-refractivity contribution in [3.05, 3.63) is 66.4 Å². The van der Waals surface area contributed by atoms with Crippen molar-refractivity contribution in [1.29, 1.82) is 5.26 Å². The number of amides is 1. The van der Waals surface area contributed by atoms with Gasteiger partial charge in [-0.3, -0.25) is 4.79 Å². The molecule has 0 heterocycles. The van der Waals surface area contributed by atoms with Crippen molar-refractivity contribution in [1.82, 2.24) is 5.32 Å². The number of anilines is 1. The van der Waals surface area contributed by atoms with E-state index < -0.39 is 5.91 Å². The maximum absolute atomic E-state index is 12.1. The summed E-state index contributed by atoms with van der Waals surface area (Å²) in [5.74, 6) is 0.923. The summed E-state index contributed by atoms with van der Waals surface area (Å²) in [6, 6.07) is 18.2. The van der Waals surface area contributed by atoms with Gasteiger partial charge in [-0.25, -0.2) is 0 Å². The fraction of sp³-hybridized carbons (Fsp3) is 0.200. The summed E-state index contributed by atoms with van der Waals surface area (Å²) in [5, 5.41) is 14.7. The Hall–Kier alpha value is -3.30. The molecule has 26 heavy (non-hydrogen) atoms. The van der Waals surface area contributed by atoms with Crippen LogP contribution >= 0.6 is 0 Å². The monoisotopic (exact) mass is 351 g/mol. The van der Waals surface area contributed by atoms with Gasteiger partial charge in [0.25, 0.3) is 5.91 Å². The van der Waals surface area contributed by atoms with E-state index in [9.17, 15) is 4.79 Å². The zero-order valence-corrected chi connectivity index (χ0v) is 14.6. The lowest BCUT2D eigenvalue weighted by Gasteiger charge is -2.08. The largest absolute Gasteiger partial charge is 0.457 e. The number of hydrogen-bond acceptors (Lipinski definition) is 5. The van der Waals surface area contributed by atoms with E-state index in [2.05, 4.69) is 10.6 Å². The second kappa shape index (κ2) is 10.5. The van der Waals surface area contributed by atoms with Crippen LogP contribution in [0.3, 0.4) is 0 Å². The second-order valence-corrected chi connectivity index (χ2v) is 5.36. The first-order valence-corrected chi connectivity index (χ1v) is 8.20. The lowest BCUT2D eigenvalue weighted by molar-refractivity contribution is -0.112. The number of methoxy groups -OCH3 is 1. The minimum absolute atomic E-state index is 0.00651. The summed E-state index contributed by atoms with van der Waals surface area (Å²) in [5.41, 5.74) is 0.586. The topological polar surface area (TPSA) is 83.4 Å². The molecule has 0 bridgehead atoms. The summed E-state index contributed by atoms with van der Waals surface area (Å²) >= 11 is 0. The van der Waals surface area contributed by atoms with E-state index in [0.717, 1.165) is 12.2 Å². The fourth-order valence-corrected chi connectivity index (χ4v) is 2.07. The molecule has 0 spiro atoms. The number of carbonyl (C=O) groups excluding carboxylic acids is 1. The number of ether oxygens (including phenoxy) is 2. The Balaban J connectivity index is 1.89. The number of nitrogens with one attached hydrogen (secondary N) is 2. The highest BCUT2D eigenvalue weighted by Gasteiger charge is 2.09. The number of benzene rings is 2. The van der Waals surface area contributed by atoms with Gasteiger partial charge in [-0.05, 0) is 42.8 Å². The highest BCUT2D eigenvalue weighted by molar-refractivity contribution is 6.06. The van der Waals surface area contributed by atoms with E-state index in [0.29, 0.717) is 24.6 Å². The smallest absolute Gasteiger partial charge is 0.267 e. The highest BCUT2D eigenvalue weighted by atomic mass is 16.5. The van der Waals surface area contributed by atoms with Crippen molar-refractivity contribution in [2.45, 2.75) is 6.42 Å². The molecule has 0 atom stereocenters. The first kappa shape index (κ1) is 19.0. The highest BCUT2D eigenvalue weighted by Crippen LogP contribution is 2.22. The lowest BCUT2D eigenvalue weighted by atomic mass is 10.2. The van der Waals surface area contributed by atoms with Gasteiger partial charge in [0, 0.05) is 32.1 Å². The van der Waals surface area contributed by atoms with Gasteiger partial charge in [-0.2, -0.15) is 5.26 Å². The Kier molecular flexibility index (Phi) is 7.72. The number of hydrogen-bond donors (Lipinski definition) is 2. The summed E-state index contributed by atoms with van der Waals surface area (Å²) in [7, 11) is 1.63. The summed E-state index contributed by atoms with van der Waals surface area (Å²) in [6.45, 7) is 1.24. The Morgan fingerprint density at radius 1 is 1.12 bits per heavy atom. The Bertz CT molecular complexity index is 765. The minimum Gasteiger partial charge on any atom is -0.457 e. The van der Waals surface area contributed by atoms with Crippen molar-refractivity contribution in [3.63, 3.8) is 0 Å². The standard InChI is InChI=1S/C20H21N3O3/c1-25-13-5-12-22-15-16(14-21)20(24)23-17-8-10-19(11-9-17)26-18-6-3-2-4-7-18/h2-4,6-11,15,22H,5,12-13H2,1H3,(H,23,24)/b16-15-. The zero-order valence-electron chi connectivity index (χ0n) is 14.6. The molecule has 0 aliphatic heterocycles. The molecule has 134 valence electrons. The van der Waals surface area contributed by atoms with E-state index in [1.54, 1.807) is 31.4 Å². The van der Waals surface area contributed by atoms with Crippen LogP contribution in [-0.4, -0.2) is 26.2 Å². The van der Waals surface area contributed by atoms with Crippen LogP contribution < -0.4 is 15.4 Å². The number of para-hydroxylation sites is 1. The van der Waals surface area contributed by atoms with E-state index >= 15 is 0 Å². The van der Waals surface area contributed by atoms with Crippen LogP contribution in [-0.2, 0) is 9.53 Å². The van der Waals surface area contributed by atoms with Gasteiger partial charge in [-0.1, -0.05) is 18.2 Å². The Morgan fingerprint density at radius 2 is 1.81 bits per heavy atom. The molecule has 0 fully saturated rings. The molecule has 0 saturated carbocycles. The molecule has 2 aromatic rings.